The Balaban J connectivity index is 1.66. The van der Waals surface area contributed by atoms with Gasteiger partial charge in [0, 0.05) is 29.9 Å². The van der Waals surface area contributed by atoms with Crippen molar-refractivity contribution in [2.45, 2.75) is 18.4 Å². The van der Waals surface area contributed by atoms with Crippen molar-refractivity contribution in [3.8, 4) is 5.75 Å². The number of nitrogens with zero attached hydrogens (tertiary/aromatic N) is 1. The van der Waals surface area contributed by atoms with Crippen molar-refractivity contribution in [3.05, 3.63) is 54.4 Å². The number of rotatable bonds is 4. The van der Waals surface area contributed by atoms with Crippen molar-refractivity contribution in [3.63, 3.8) is 0 Å². The Labute approximate surface area is 141 Å². The number of para-hydroxylation sites is 1. The number of nitrogens with one attached hydrogen (secondary N) is 3. The summed E-state index contributed by atoms with van der Waals surface area (Å²) in [6.45, 7) is 1.67. The first-order valence-corrected chi connectivity index (χ1v) is 8.09. The number of ether oxygens (including phenoxy) is 1. The molecule has 0 unspecified atom stereocenters. The molecule has 1 aliphatic rings. The molecule has 0 bridgehead atoms. The number of anilines is 1. The average molecular weight is 326 g/mol. The van der Waals surface area contributed by atoms with Gasteiger partial charge in [0.15, 0.2) is 0 Å². The van der Waals surface area contributed by atoms with Crippen LogP contribution in [-0.4, -0.2) is 37.3 Å². The molecule has 2 aromatic rings. The van der Waals surface area contributed by atoms with Crippen molar-refractivity contribution in [1.29, 1.82) is 0 Å². The number of hydrogen-bond donors (Lipinski definition) is 3. The minimum absolute atomic E-state index is 0.0378. The van der Waals surface area contributed by atoms with Gasteiger partial charge in [0.25, 0.3) is 0 Å². The molecule has 24 heavy (non-hydrogen) atoms. The number of piperidine rings is 1. The molecule has 3 N–H and O–H groups in total. The smallest absolute Gasteiger partial charge is 0.319 e. The molecule has 1 fully saturated rings. The Bertz CT molecular complexity index is 660. The van der Waals surface area contributed by atoms with Gasteiger partial charge >= 0.3 is 6.03 Å². The topological polar surface area (TPSA) is 75.3 Å². The minimum atomic E-state index is -0.188. The van der Waals surface area contributed by atoms with Gasteiger partial charge in [-0.2, -0.15) is 0 Å². The van der Waals surface area contributed by atoms with Crippen LogP contribution in [0.25, 0.3) is 0 Å². The van der Waals surface area contributed by atoms with Crippen LogP contribution in [0.4, 0.5) is 10.5 Å². The third-order valence-electron chi connectivity index (χ3n) is 4.21. The van der Waals surface area contributed by atoms with Gasteiger partial charge in [-0.3, -0.25) is 4.98 Å². The molecule has 6 heteroatoms. The Morgan fingerprint density at radius 1 is 1.25 bits per heavy atom. The molecule has 0 radical (unpaired) electrons. The quantitative estimate of drug-likeness (QED) is 0.806. The van der Waals surface area contributed by atoms with Crippen molar-refractivity contribution < 1.29 is 9.53 Å². The van der Waals surface area contributed by atoms with E-state index in [9.17, 15) is 4.79 Å². The van der Waals surface area contributed by atoms with Crippen LogP contribution in [0.1, 0.15) is 18.0 Å². The predicted octanol–water partition coefficient (Wildman–Crippen LogP) is 2.36. The van der Waals surface area contributed by atoms with Crippen molar-refractivity contribution in [1.82, 2.24) is 15.6 Å². The molecule has 0 spiro atoms. The summed E-state index contributed by atoms with van der Waals surface area (Å²) in [5.41, 5.74) is 1.73. The van der Waals surface area contributed by atoms with Crippen molar-refractivity contribution in [2.24, 2.45) is 0 Å². The molecule has 0 aliphatic carbocycles. The molecule has 1 aromatic heterocycles. The van der Waals surface area contributed by atoms with Crippen molar-refractivity contribution >= 4 is 11.7 Å². The maximum Gasteiger partial charge on any atom is 0.319 e. The van der Waals surface area contributed by atoms with E-state index >= 15 is 0 Å². The summed E-state index contributed by atoms with van der Waals surface area (Å²) in [5.74, 6) is 0.861. The van der Waals surface area contributed by atoms with E-state index in [4.69, 9.17) is 4.74 Å². The van der Waals surface area contributed by atoms with Gasteiger partial charge in [-0.1, -0.05) is 18.2 Å². The van der Waals surface area contributed by atoms with E-state index in [-0.39, 0.29) is 18.0 Å². The summed E-state index contributed by atoms with van der Waals surface area (Å²) in [6, 6.07) is 13.1. The fraction of sp³-hybridized carbons (Fsp3) is 0.333. The van der Waals surface area contributed by atoms with Crippen LogP contribution in [-0.2, 0) is 0 Å². The second kappa shape index (κ2) is 7.79. The molecule has 1 aliphatic heterocycles. The molecular weight excluding hydrogens is 304 g/mol. The maximum atomic E-state index is 12.3. The molecule has 2 atom stereocenters. The molecule has 0 saturated carbocycles. The van der Waals surface area contributed by atoms with E-state index in [0.29, 0.717) is 0 Å². The third kappa shape index (κ3) is 4.02. The van der Waals surface area contributed by atoms with Crippen LogP contribution < -0.4 is 20.7 Å². The predicted molar refractivity (Wildman–Crippen MR) is 93.4 cm³/mol. The highest BCUT2D eigenvalue weighted by atomic mass is 16.5. The Morgan fingerprint density at radius 3 is 2.79 bits per heavy atom. The number of carbonyl (C=O) groups is 1. The van der Waals surface area contributed by atoms with Gasteiger partial charge in [0.05, 0.1) is 13.3 Å². The van der Waals surface area contributed by atoms with E-state index in [1.807, 2.05) is 42.5 Å². The van der Waals surface area contributed by atoms with Crippen molar-refractivity contribution in [2.75, 3.05) is 25.5 Å². The van der Waals surface area contributed by atoms with Gasteiger partial charge < -0.3 is 20.7 Å². The Morgan fingerprint density at radius 2 is 2.08 bits per heavy atom. The molecule has 2 amide bonds. The lowest BCUT2D eigenvalue weighted by Crippen LogP contribution is -2.49. The fourth-order valence-corrected chi connectivity index (χ4v) is 2.93. The first-order valence-electron chi connectivity index (χ1n) is 8.09. The number of urea groups is 1. The normalized spacial score (nSPS) is 20.2. The zero-order valence-electron chi connectivity index (χ0n) is 13.7. The fourth-order valence-electron chi connectivity index (χ4n) is 2.93. The summed E-state index contributed by atoms with van der Waals surface area (Å²) in [4.78, 5) is 16.8. The second-order valence-electron chi connectivity index (χ2n) is 5.79. The van der Waals surface area contributed by atoms with E-state index in [1.54, 1.807) is 13.3 Å². The number of amides is 2. The molecule has 3 rings (SSSR count). The number of benzene rings is 1. The minimum Gasteiger partial charge on any atom is -0.495 e. The SMILES string of the molecule is COc1ccc([C@@H]2CNCC[C@H]2NC(=O)Nc2ccccc2)nc1. The Hall–Kier alpha value is -2.60. The Kier molecular flexibility index (Phi) is 5.28. The second-order valence-corrected chi connectivity index (χ2v) is 5.79. The lowest BCUT2D eigenvalue weighted by molar-refractivity contribution is 0.241. The van der Waals surface area contributed by atoms with E-state index in [0.717, 1.165) is 36.6 Å². The molecule has 6 nitrogen and oxygen atoms in total. The molecular formula is C18H22N4O2. The van der Waals surface area contributed by atoms with E-state index < -0.39 is 0 Å². The molecule has 1 saturated heterocycles. The summed E-state index contributed by atoms with van der Waals surface area (Å²) in [5, 5.41) is 9.32. The maximum absolute atomic E-state index is 12.3. The van der Waals surface area contributed by atoms with Gasteiger partial charge in [-0.05, 0) is 37.2 Å². The highest BCUT2D eigenvalue weighted by Gasteiger charge is 2.28. The summed E-state index contributed by atoms with van der Waals surface area (Å²) in [6.07, 6.45) is 2.58. The summed E-state index contributed by atoms with van der Waals surface area (Å²) >= 11 is 0. The highest BCUT2D eigenvalue weighted by molar-refractivity contribution is 5.89. The summed E-state index contributed by atoms with van der Waals surface area (Å²) < 4.78 is 5.16. The zero-order valence-corrected chi connectivity index (χ0v) is 13.7. The first kappa shape index (κ1) is 16.3. The van der Waals surface area contributed by atoms with Crippen LogP contribution >= 0.6 is 0 Å². The lowest BCUT2D eigenvalue weighted by Gasteiger charge is -2.32. The van der Waals surface area contributed by atoms with E-state index in [1.165, 1.54) is 0 Å². The standard InChI is InChI=1S/C18H22N4O2/c1-24-14-7-8-16(20-11-14)15-12-19-10-9-17(15)22-18(23)21-13-5-3-2-4-6-13/h2-8,11,15,17,19H,9-10,12H2,1H3,(H2,21,22,23)/t15-,17+/m0/s1. The van der Waals surface area contributed by atoms with Gasteiger partial charge in [-0.25, -0.2) is 4.79 Å². The number of hydrogen-bond acceptors (Lipinski definition) is 4. The van der Waals surface area contributed by atoms with Crippen LogP contribution in [0.3, 0.4) is 0 Å². The van der Waals surface area contributed by atoms with Crippen LogP contribution in [0.5, 0.6) is 5.75 Å². The number of methoxy groups -OCH3 is 1. The summed E-state index contributed by atoms with van der Waals surface area (Å²) in [7, 11) is 1.62. The van der Waals surface area contributed by atoms with Gasteiger partial charge in [-0.15, -0.1) is 0 Å². The third-order valence-corrected chi connectivity index (χ3v) is 4.21. The number of carbonyl (C=O) groups excluding carboxylic acids is 1. The van der Waals surface area contributed by atoms with Crippen LogP contribution in [0.2, 0.25) is 0 Å². The monoisotopic (exact) mass is 326 g/mol. The van der Waals surface area contributed by atoms with Gasteiger partial charge in [0.1, 0.15) is 5.75 Å². The average Bonchev–Trinajstić information content (AvgIpc) is 2.63. The lowest BCUT2D eigenvalue weighted by atomic mass is 9.90. The highest BCUT2D eigenvalue weighted by Crippen LogP contribution is 2.23. The number of aromatic nitrogens is 1. The largest absolute Gasteiger partial charge is 0.495 e. The van der Waals surface area contributed by atoms with Crippen LogP contribution in [0.15, 0.2) is 48.7 Å². The molecule has 2 heterocycles. The number of pyridine rings is 1. The van der Waals surface area contributed by atoms with Gasteiger partial charge in [0.2, 0.25) is 0 Å². The van der Waals surface area contributed by atoms with E-state index in [2.05, 4.69) is 20.9 Å². The first-order chi connectivity index (χ1) is 11.8. The van der Waals surface area contributed by atoms with Crippen LogP contribution in [0, 0.1) is 0 Å². The molecule has 1 aromatic carbocycles. The molecule has 126 valence electrons. The zero-order chi connectivity index (χ0) is 16.8.